The number of rotatable bonds is 4. The van der Waals surface area contributed by atoms with E-state index in [0.717, 1.165) is 38.2 Å². The molecule has 0 radical (unpaired) electrons. The second kappa shape index (κ2) is 5.84. The van der Waals surface area contributed by atoms with Gasteiger partial charge in [0.1, 0.15) is 11.7 Å². The first kappa shape index (κ1) is 16.1. The number of hydrogen-bond acceptors (Lipinski definition) is 4. The zero-order valence-electron chi connectivity index (χ0n) is 13.6. The van der Waals surface area contributed by atoms with Crippen molar-refractivity contribution in [3.63, 3.8) is 0 Å². The minimum Gasteiger partial charge on any atom is -0.486 e. The van der Waals surface area contributed by atoms with Crippen molar-refractivity contribution >= 4 is 16.9 Å². The first-order chi connectivity index (χ1) is 12.0. The first-order valence-corrected chi connectivity index (χ1v) is 8.49. The Morgan fingerprint density at radius 1 is 1.28 bits per heavy atom. The van der Waals surface area contributed by atoms with Gasteiger partial charge in [-0.3, -0.25) is 4.79 Å². The lowest BCUT2D eigenvalue weighted by molar-refractivity contribution is 0.0695. The van der Waals surface area contributed by atoms with Crippen LogP contribution >= 0.6 is 0 Å². The highest BCUT2D eigenvalue weighted by molar-refractivity contribution is 5.93. The normalized spacial score (nSPS) is 23.1. The largest absolute Gasteiger partial charge is 0.486 e. The van der Waals surface area contributed by atoms with Gasteiger partial charge in [0.25, 0.3) is 0 Å². The number of carbonyl (C=O) groups is 1. The smallest absolute Gasteiger partial charge is 0.341 e. The Labute approximate surface area is 143 Å². The minimum absolute atomic E-state index is 0.0618. The van der Waals surface area contributed by atoms with Crippen LogP contribution in [0, 0.1) is 5.82 Å². The fourth-order valence-corrected chi connectivity index (χ4v) is 3.51. The SMILES string of the molecule is N[C@H]1CCC[C@@H]1Oc1cc2c(cc1F)c(=O)c(C(=O)O)cn2C1CC1. The van der Waals surface area contributed by atoms with E-state index in [1.165, 1.54) is 12.3 Å². The van der Waals surface area contributed by atoms with Gasteiger partial charge in [0, 0.05) is 29.7 Å². The Morgan fingerprint density at radius 3 is 2.64 bits per heavy atom. The number of carboxylic acid groups (broad SMARTS) is 1. The Bertz CT molecular complexity index is 919. The van der Waals surface area contributed by atoms with Crippen molar-refractivity contribution in [1.29, 1.82) is 0 Å². The van der Waals surface area contributed by atoms with Gasteiger partial charge >= 0.3 is 5.97 Å². The van der Waals surface area contributed by atoms with E-state index in [9.17, 15) is 19.1 Å². The van der Waals surface area contributed by atoms with E-state index in [2.05, 4.69) is 0 Å². The number of hydrogen-bond donors (Lipinski definition) is 2. The molecule has 1 aromatic heterocycles. The molecule has 132 valence electrons. The molecule has 3 N–H and O–H groups in total. The molecule has 2 fully saturated rings. The molecule has 4 rings (SSSR count). The quantitative estimate of drug-likeness (QED) is 0.887. The van der Waals surface area contributed by atoms with Gasteiger partial charge < -0.3 is 20.1 Å². The van der Waals surface area contributed by atoms with Crippen LogP contribution in [0.3, 0.4) is 0 Å². The second-order valence-electron chi connectivity index (χ2n) is 6.87. The second-order valence-corrected chi connectivity index (χ2v) is 6.87. The molecule has 25 heavy (non-hydrogen) atoms. The Morgan fingerprint density at radius 2 is 2.04 bits per heavy atom. The van der Waals surface area contributed by atoms with Gasteiger partial charge in [-0.1, -0.05) is 0 Å². The molecule has 7 heteroatoms. The van der Waals surface area contributed by atoms with Crippen LogP contribution in [-0.2, 0) is 0 Å². The average molecular weight is 346 g/mol. The number of nitrogens with zero attached hydrogens (tertiary/aromatic N) is 1. The molecule has 2 aromatic rings. The average Bonchev–Trinajstić information content (AvgIpc) is 3.33. The lowest BCUT2D eigenvalue weighted by atomic mass is 10.1. The maximum atomic E-state index is 14.5. The predicted molar refractivity (Wildman–Crippen MR) is 89.6 cm³/mol. The Hall–Kier alpha value is -2.41. The van der Waals surface area contributed by atoms with E-state index in [1.807, 2.05) is 0 Å². The number of pyridine rings is 1. The van der Waals surface area contributed by atoms with Gasteiger partial charge in [-0.2, -0.15) is 0 Å². The van der Waals surface area contributed by atoms with Crippen LogP contribution in [0.5, 0.6) is 5.75 Å². The van der Waals surface area contributed by atoms with Crippen molar-refractivity contribution < 1.29 is 19.0 Å². The summed E-state index contributed by atoms with van der Waals surface area (Å²) in [6.45, 7) is 0. The van der Waals surface area contributed by atoms with Crippen molar-refractivity contribution in [1.82, 2.24) is 4.57 Å². The summed E-state index contributed by atoms with van der Waals surface area (Å²) < 4.78 is 22.0. The molecule has 0 aliphatic heterocycles. The summed E-state index contributed by atoms with van der Waals surface area (Å²) in [5.41, 5.74) is 5.47. The number of aromatic carboxylic acids is 1. The van der Waals surface area contributed by atoms with Gasteiger partial charge in [-0.25, -0.2) is 9.18 Å². The van der Waals surface area contributed by atoms with Crippen LogP contribution in [-0.4, -0.2) is 27.8 Å². The van der Waals surface area contributed by atoms with Gasteiger partial charge in [-0.15, -0.1) is 0 Å². The van der Waals surface area contributed by atoms with Crippen LogP contribution in [0.4, 0.5) is 4.39 Å². The monoisotopic (exact) mass is 346 g/mol. The lowest BCUT2D eigenvalue weighted by Crippen LogP contribution is -2.33. The van der Waals surface area contributed by atoms with E-state index in [0.29, 0.717) is 5.52 Å². The summed E-state index contributed by atoms with van der Waals surface area (Å²) in [4.78, 5) is 23.7. The van der Waals surface area contributed by atoms with Gasteiger partial charge in [-0.05, 0) is 38.2 Å². The fraction of sp³-hybridized carbons (Fsp3) is 0.444. The van der Waals surface area contributed by atoms with Crippen LogP contribution < -0.4 is 15.9 Å². The molecule has 2 atom stereocenters. The molecule has 0 amide bonds. The third-order valence-electron chi connectivity index (χ3n) is 5.04. The van der Waals surface area contributed by atoms with Crippen molar-refractivity contribution in [3.8, 4) is 5.75 Å². The molecule has 2 saturated carbocycles. The zero-order chi connectivity index (χ0) is 17.7. The third kappa shape index (κ3) is 2.78. The van der Waals surface area contributed by atoms with E-state index in [-0.39, 0.29) is 34.9 Å². The summed E-state index contributed by atoms with van der Waals surface area (Å²) in [6.07, 6.45) is 5.46. The highest BCUT2D eigenvalue weighted by Gasteiger charge is 2.29. The summed E-state index contributed by atoms with van der Waals surface area (Å²) >= 11 is 0. The number of halogens is 1. The lowest BCUT2D eigenvalue weighted by Gasteiger charge is -2.19. The van der Waals surface area contributed by atoms with Crippen molar-refractivity contribution in [2.45, 2.75) is 50.3 Å². The maximum absolute atomic E-state index is 14.5. The predicted octanol–water partition coefficient (Wildman–Crippen LogP) is 2.43. The summed E-state index contributed by atoms with van der Waals surface area (Å²) in [5.74, 6) is -1.92. The molecular weight excluding hydrogens is 327 g/mol. The Balaban J connectivity index is 1.86. The van der Waals surface area contributed by atoms with Crippen LogP contribution in [0.2, 0.25) is 0 Å². The number of aromatic nitrogens is 1. The number of carboxylic acids is 1. The Kier molecular flexibility index (Phi) is 3.76. The topological polar surface area (TPSA) is 94.6 Å². The summed E-state index contributed by atoms with van der Waals surface area (Å²) in [7, 11) is 0. The highest BCUT2D eigenvalue weighted by atomic mass is 19.1. The zero-order valence-corrected chi connectivity index (χ0v) is 13.6. The van der Waals surface area contributed by atoms with E-state index in [4.69, 9.17) is 10.5 Å². The molecule has 0 spiro atoms. The van der Waals surface area contributed by atoms with E-state index in [1.54, 1.807) is 4.57 Å². The number of nitrogens with two attached hydrogens (primary N) is 1. The molecule has 0 saturated heterocycles. The molecular formula is C18H19FN2O4. The van der Waals surface area contributed by atoms with Crippen LogP contribution in [0.25, 0.3) is 10.9 Å². The molecule has 1 aromatic carbocycles. The first-order valence-electron chi connectivity index (χ1n) is 8.49. The number of ether oxygens (including phenoxy) is 1. The summed E-state index contributed by atoms with van der Waals surface area (Å²) in [6, 6.07) is 2.59. The highest BCUT2D eigenvalue weighted by Crippen LogP contribution is 2.38. The van der Waals surface area contributed by atoms with Gasteiger partial charge in [0.2, 0.25) is 5.43 Å². The maximum Gasteiger partial charge on any atom is 0.341 e. The number of benzene rings is 1. The fourth-order valence-electron chi connectivity index (χ4n) is 3.51. The van der Waals surface area contributed by atoms with Crippen molar-refractivity contribution in [2.75, 3.05) is 0 Å². The molecule has 2 aliphatic rings. The van der Waals surface area contributed by atoms with Crippen molar-refractivity contribution in [2.24, 2.45) is 5.73 Å². The molecule has 2 aliphatic carbocycles. The summed E-state index contributed by atoms with van der Waals surface area (Å²) in [5, 5.41) is 9.31. The van der Waals surface area contributed by atoms with E-state index >= 15 is 0 Å². The third-order valence-corrected chi connectivity index (χ3v) is 5.04. The molecule has 0 unspecified atom stereocenters. The van der Waals surface area contributed by atoms with E-state index < -0.39 is 17.2 Å². The minimum atomic E-state index is -1.31. The van der Waals surface area contributed by atoms with Crippen molar-refractivity contribution in [3.05, 3.63) is 39.9 Å². The molecule has 0 bridgehead atoms. The van der Waals surface area contributed by atoms with Gasteiger partial charge in [0.05, 0.1) is 5.52 Å². The molecule has 1 heterocycles. The number of fused-ring (bicyclic) bond motifs is 1. The van der Waals surface area contributed by atoms with Gasteiger partial charge in [0.15, 0.2) is 11.6 Å². The molecule has 6 nitrogen and oxygen atoms in total. The van der Waals surface area contributed by atoms with Crippen LogP contribution in [0.15, 0.2) is 23.1 Å². The standard InChI is InChI=1S/C18H19FN2O4/c19-12-6-10-14(7-16(12)25-15-3-1-2-13(15)20)21(9-4-5-9)8-11(17(10)22)18(23)24/h6-9,13,15H,1-5,20H2,(H,23,24)/t13-,15-/m0/s1. The van der Waals surface area contributed by atoms with Crippen LogP contribution in [0.1, 0.15) is 48.5 Å².